The van der Waals surface area contributed by atoms with Crippen LogP contribution in [0, 0.1) is 0 Å². The van der Waals surface area contributed by atoms with Gasteiger partial charge >= 0.3 is 0 Å². The van der Waals surface area contributed by atoms with Crippen molar-refractivity contribution in [2.45, 2.75) is 0 Å². The van der Waals surface area contributed by atoms with Crippen LogP contribution in [0.15, 0.2) is 78.9 Å². The third-order valence-electron chi connectivity index (χ3n) is 4.82. The molecular formula is C23H13Cl2N. The molecule has 0 saturated heterocycles. The Morgan fingerprint density at radius 1 is 0.577 bits per heavy atom. The number of fused-ring (bicyclic) bond motifs is 4. The van der Waals surface area contributed by atoms with Gasteiger partial charge in [-0.3, -0.25) is 0 Å². The van der Waals surface area contributed by atoms with Crippen molar-refractivity contribution in [1.29, 1.82) is 0 Å². The number of nitrogens with zero attached hydrogens (tertiary/aromatic N) is 1. The Bertz CT molecular complexity index is 1300. The first-order valence-electron chi connectivity index (χ1n) is 8.38. The first kappa shape index (κ1) is 15.6. The summed E-state index contributed by atoms with van der Waals surface area (Å²) in [6.45, 7) is 0. The Morgan fingerprint density at radius 3 is 2.12 bits per heavy atom. The molecule has 26 heavy (non-hydrogen) atoms. The van der Waals surface area contributed by atoms with Gasteiger partial charge in [-0.2, -0.15) is 0 Å². The van der Waals surface area contributed by atoms with E-state index in [0.29, 0.717) is 10.2 Å². The van der Waals surface area contributed by atoms with Crippen molar-refractivity contribution in [1.82, 2.24) is 4.98 Å². The smallest absolute Gasteiger partial charge is 0.131 e. The maximum absolute atomic E-state index is 6.52. The number of rotatable bonds is 1. The average Bonchev–Trinajstić information content (AvgIpc) is 2.67. The molecule has 3 heteroatoms. The predicted molar refractivity (Wildman–Crippen MR) is 112 cm³/mol. The van der Waals surface area contributed by atoms with Crippen molar-refractivity contribution in [3.8, 4) is 11.1 Å². The summed E-state index contributed by atoms with van der Waals surface area (Å²) >= 11 is 12.7. The molecule has 0 unspecified atom stereocenters. The van der Waals surface area contributed by atoms with Crippen LogP contribution in [0.4, 0.5) is 0 Å². The van der Waals surface area contributed by atoms with Crippen LogP contribution in [0.3, 0.4) is 0 Å². The molecule has 0 aliphatic rings. The molecule has 5 aromatic rings. The zero-order valence-corrected chi connectivity index (χ0v) is 15.2. The molecule has 1 heterocycles. The highest BCUT2D eigenvalue weighted by atomic mass is 35.5. The molecule has 5 rings (SSSR count). The van der Waals surface area contributed by atoms with Crippen molar-refractivity contribution in [3.05, 3.63) is 89.0 Å². The molecule has 0 N–H and O–H groups in total. The molecule has 4 aromatic carbocycles. The van der Waals surface area contributed by atoms with Gasteiger partial charge in [-0.25, -0.2) is 4.98 Å². The van der Waals surface area contributed by atoms with E-state index < -0.39 is 0 Å². The number of pyridine rings is 1. The Morgan fingerprint density at radius 2 is 1.27 bits per heavy atom. The molecule has 0 amide bonds. The molecule has 0 saturated carbocycles. The van der Waals surface area contributed by atoms with E-state index in [9.17, 15) is 0 Å². The van der Waals surface area contributed by atoms with Crippen molar-refractivity contribution >= 4 is 55.6 Å². The summed E-state index contributed by atoms with van der Waals surface area (Å²) in [4.78, 5) is 4.54. The largest absolute Gasteiger partial charge is 0.235 e. The molecule has 124 valence electrons. The fourth-order valence-electron chi connectivity index (χ4n) is 3.67. The van der Waals surface area contributed by atoms with Crippen molar-refractivity contribution in [3.63, 3.8) is 0 Å². The number of benzene rings is 4. The van der Waals surface area contributed by atoms with E-state index in [1.54, 1.807) is 6.07 Å². The van der Waals surface area contributed by atoms with Gasteiger partial charge in [0.15, 0.2) is 0 Å². The van der Waals surface area contributed by atoms with Gasteiger partial charge in [0.25, 0.3) is 0 Å². The minimum absolute atomic E-state index is 0.408. The van der Waals surface area contributed by atoms with E-state index in [-0.39, 0.29) is 0 Å². The maximum atomic E-state index is 6.52. The van der Waals surface area contributed by atoms with Crippen LogP contribution in [0.2, 0.25) is 10.2 Å². The van der Waals surface area contributed by atoms with E-state index in [1.807, 2.05) is 6.07 Å². The summed E-state index contributed by atoms with van der Waals surface area (Å²) in [5, 5.41) is 6.57. The van der Waals surface area contributed by atoms with Crippen molar-refractivity contribution in [2.75, 3.05) is 0 Å². The number of hydrogen-bond donors (Lipinski definition) is 0. The molecule has 1 nitrogen and oxygen atoms in total. The third kappa shape index (κ3) is 2.36. The number of aromatic nitrogens is 1. The lowest BCUT2D eigenvalue weighted by Crippen LogP contribution is -1.89. The standard InChI is InChI=1S/C23H13Cl2N/c24-21-13-22(25)26-23-18-10-4-3-9-17(18)19(12-20(21)23)16-11-5-7-14-6-1-2-8-15(14)16/h1-13H. The van der Waals surface area contributed by atoms with Gasteiger partial charge in [0.1, 0.15) is 5.15 Å². The minimum Gasteiger partial charge on any atom is -0.235 e. The van der Waals surface area contributed by atoms with Crippen LogP contribution in [0.5, 0.6) is 0 Å². The molecule has 0 aliphatic carbocycles. The predicted octanol–water partition coefficient (Wildman–Crippen LogP) is 7.52. The van der Waals surface area contributed by atoms with Gasteiger partial charge in [0.05, 0.1) is 10.5 Å². The Hall–Kier alpha value is -2.61. The highest BCUT2D eigenvalue weighted by Gasteiger charge is 2.14. The van der Waals surface area contributed by atoms with Crippen LogP contribution < -0.4 is 0 Å². The van der Waals surface area contributed by atoms with Crippen LogP contribution >= 0.6 is 23.2 Å². The van der Waals surface area contributed by atoms with Gasteiger partial charge in [-0.05, 0) is 39.4 Å². The highest BCUT2D eigenvalue weighted by Crippen LogP contribution is 2.39. The summed E-state index contributed by atoms with van der Waals surface area (Å²) in [5.74, 6) is 0. The Labute approximate surface area is 160 Å². The lowest BCUT2D eigenvalue weighted by molar-refractivity contribution is 1.42. The molecule has 1 aromatic heterocycles. The number of halogens is 2. The van der Waals surface area contributed by atoms with E-state index in [1.165, 1.54) is 16.3 Å². The summed E-state index contributed by atoms with van der Waals surface area (Å²) in [7, 11) is 0. The summed E-state index contributed by atoms with van der Waals surface area (Å²) in [6, 6.07) is 26.9. The third-order valence-corrected chi connectivity index (χ3v) is 5.32. The highest BCUT2D eigenvalue weighted by molar-refractivity contribution is 6.39. The van der Waals surface area contributed by atoms with Gasteiger partial charge in [0, 0.05) is 10.8 Å². The van der Waals surface area contributed by atoms with Crippen LogP contribution in [0.25, 0.3) is 43.6 Å². The van der Waals surface area contributed by atoms with Crippen LogP contribution in [0.1, 0.15) is 0 Å². The Kier molecular flexibility index (Phi) is 3.59. The van der Waals surface area contributed by atoms with E-state index in [2.05, 4.69) is 71.7 Å². The molecular weight excluding hydrogens is 361 g/mol. The fourth-order valence-corrected chi connectivity index (χ4v) is 4.16. The molecule has 0 atom stereocenters. The maximum Gasteiger partial charge on any atom is 0.131 e. The quantitative estimate of drug-likeness (QED) is 0.218. The minimum atomic E-state index is 0.408. The zero-order chi connectivity index (χ0) is 17.7. The second-order valence-corrected chi connectivity index (χ2v) is 7.11. The van der Waals surface area contributed by atoms with Crippen LogP contribution in [-0.4, -0.2) is 4.98 Å². The molecule has 0 radical (unpaired) electrons. The van der Waals surface area contributed by atoms with E-state index >= 15 is 0 Å². The first-order valence-corrected chi connectivity index (χ1v) is 9.13. The van der Waals surface area contributed by atoms with Crippen LogP contribution in [-0.2, 0) is 0 Å². The zero-order valence-electron chi connectivity index (χ0n) is 13.7. The number of hydrogen-bond acceptors (Lipinski definition) is 1. The topological polar surface area (TPSA) is 12.9 Å². The Balaban J connectivity index is 1.99. The van der Waals surface area contributed by atoms with Gasteiger partial charge in [-0.15, -0.1) is 0 Å². The monoisotopic (exact) mass is 373 g/mol. The SMILES string of the molecule is Clc1cc(Cl)c2cc(-c3cccc4ccccc34)c3ccccc3c2n1. The van der Waals surface area contributed by atoms with E-state index in [0.717, 1.165) is 27.2 Å². The van der Waals surface area contributed by atoms with Gasteiger partial charge in [-0.1, -0.05) is 89.9 Å². The summed E-state index contributed by atoms with van der Waals surface area (Å²) in [6.07, 6.45) is 0. The lowest BCUT2D eigenvalue weighted by Gasteiger charge is -2.13. The second-order valence-electron chi connectivity index (χ2n) is 6.32. The van der Waals surface area contributed by atoms with Crippen molar-refractivity contribution < 1.29 is 0 Å². The first-order chi connectivity index (χ1) is 12.7. The average molecular weight is 374 g/mol. The summed E-state index contributed by atoms with van der Waals surface area (Å²) < 4.78 is 0. The second kappa shape index (κ2) is 5.98. The van der Waals surface area contributed by atoms with Crippen molar-refractivity contribution in [2.24, 2.45) is 0 Å². The van der Waals surface area contributed by atoms with E-state index in [4.69, 9.17) is 23.2 Å². The molecule has 0 spiro atoms. The molecule has 0 fully saturated rings. The molecule has 0 aliphatic heterocycles. The summed E-state index contributed by atoms with van der Waals surface area (Å²) in [5.41, 5.74) is 3.17. The van der Waals surface area contributed by atoms with Gasteiger partial charge < -0.3 is 0 Å². The molecule has 0 bridgehead atoms. The lowest BCUT2D eigenvalue weighted by atomic mass is 9.92. The fraction of sp³-hybridized carbons (Fsp3) is 0. The van der Waals surface area contributed by atoms with Gasteiger partial charge in [0.2, 0.25) is 0 Å². The normalized spacial score (nSPS) is 11.5.